The second-order valence-corrected chi connectivity index (χ2v) is 10.3. The van der Waals surface area contributed by atoms with Crippen LogP contribution in [0.1, 0.15) is 56.6 Å². The number of thioether (sulfide) groups is 1. The molecule has 28 heavy (non-hydrogen) atoms. The van der Waals surface area contributed by atoms with Gasteiger partial charge in [-0.25, -0.2) is 10.0 Å². The smallest absolute Gasteiger partial charge is 0.230 e. The molecule has 4 bridgehead atoms. The van der Waals surface area contributed by atoms with Crippen LogP contribution in [0.5, 0.6) is 0 Å². The predicted octanol–water partition coefficient (Wildman–Crippen LogP) is 4.24. The first-order valence-electron chi connectivity index (χ1n) is 10.6. The molecular formula is C22H26N4OS. The maximum atomic E-state index is 12.9. The Labute approximate surface area is 170 Å². The second kappa shape index (κ2) is 6.34. The average molecular weight is 395 g/mol. The summed E-state index contributed by atoms with van der Waals surface area (Å²) in [6, 6.07) is 8.49. The van der Waals surface area contributed by atoms with Gasteiger partial charge in [0.25, 0.3) is 0 Å². The number of carbonyl (C=O) groups excluding carboxylic acids is 1. The molecule has 6 heteroatoms. The lowest BCUT2D eigenvalue weighted by Crippen LogP contribution is -2.60. The molecule has 1 atom stereocenters. The Balaban J connectivity index is 1.15. The molecule has 0 radical (unpaired) electrons. The molecule has 4 fully saturated rings. The summed E-state index contributed by atoms with van der Waals surface area (Å²) in [4.78, 5) is 17.7. The van der Waals surface area contributed by atoms with Gasteiger partial charge in [-0.2, -0.15) is 5.10 Å². The third-order valence-corrected chi connectivity index (χ3v) is 8.26. The quantitative estimate of drug-likeness (QED) is 0.834. The van der Waals surface area contributed by atoms with Gasteiger partial charge < -0.3 is 5.32 Å². The molecule has 146 valence electrons. The number of nitrogens with one attached hydrogen (secondary N) is 1. The number of hydrazone groups is 1. The molecule has 7 rings (SSSR count). The number of hydrogen-bond acceptors (Lipinski definition) is 5. The average Bonchev–Trinajstić information content (AvgIpc) is 3.15. The van der Waals surface area contributed by atoms with Gasteiger partial charge >= 0.3 is 0 Å². The van der Waals surface area contributed by atoms with Crippen LogP contribution in [0.2, 0.25) is 0 Å². The van der Waals surface area contributed by atoms with Crippen LogP contribution in [-0.4, -0.2) is 33.6 Å². The number of amidine groups is 1. The van der Waals surface area contributed by atoms with Crippen molar-refractivity contribution in [3.63, 3.8) is 0 Å². The Morgan fingerprint density at radius 2 is 1.86 bits per heavy atom. The van der Waals surface area contributed by atoms with Crippen molar-refractivity contribution in [2.24, 2.45) is 27.8 Å². The lowest BCUT2D eigenvalue weighted by molar-refractivity contribution is -0.124. The van der Waals surface area contributed by atoms with E-state index in [1.165, 1.54) is 55.9 Å². The van der Waals surface area contributed by atoms with E-state index in [-0.39, 0.29) is 17.5 Å². The standard InChI is InChI=1S/C22H26N4OS/c27-20(25-22-10-14-7-15(11-22)9-16(8-14)12-22)13-28-21-24-18-4-2-1-3-17(18)19-5-6-23-26(19)21/h1-4,6,14-16,19H,5,7-13H2,(H,25,27). The van der Waals surface area contributed by atoms with Crippen LogP contribution in [0.15, 0.2) is 34.4 Å². The molecule has 1 unspecified atom stereocenters. The Kier molecular flexibility index (Phi) is 3.87. The normalized spacial score (nSPS) is 36.9. The molecule has 1 N–H and O–H groups in total. The van der Waals surface area contributed by atoms with Gasteiger partial charge in [0.05, 0.1) is 17.5 Å². The summed E-state index contributed by atoms with van der Waals surface area (Å²) < 4.78 is 0. The van der Waals surface area contributed by atoms with E-state index in [1.54, 1.807) is 0 Å². The van der Waals surface area contributed by atoms with E-state index in [1.807, 2.05) is 17.3 Å². The van der Waals surface area contributed by atoms with Gasteiger partial charge in [0, 0.05) is 23.7 Å². The molecule has 2 aliphatic heterocycles. The highest BCUT2D eigenvalue weighted by Crippen LogP contribution is 2.55. The zero-order valence-electron chi connectivity index (χ0n) is 16.0. The number of fused-ring (bicyclic) bond motifs is 3. The van der Waals surface area contributed by atoms with Crippen molar-refractivity contribution in [2.45, 2.75) is 56.5 Å². The van der Waals surface area contributed by atoms with Crippen LogP contribution in [0, 0.1) is 17.8 Å². The number of rotatable bonds is 3. The number of para-hydroxylation sites is 1. The predicted molar refractivity (Wildman–Crippen MR) is 113 cm³/mol. The van der Waals surface area contributed by atoms with Gasteiger partial charge in [0.2, 0.25) is 5.91 Å². The van der Waals surface area contributed by atoms with E-state index in [0.717, 1.165) is 35.0 Å². The van der Waals surface area contributed by atoms with Crippen molar-refractivity contribution in [1.82, 2.24) is 10.3 Å². The van der Waals surface area contributed by atoms with Gasteiger partial charge in [0.15, 0.2) is 5.17 Å². The zero-order chi connectivity index (χ0) is 18.7. The monoisotopic (exact) mass is 394 g/mol. The molecule has 4 aliphatic carbocycles. The molecule has 1 aromatic carbocycles. The molecule has 4 saturated carbocycles. The summed E-state index contributed by atoms with van der Waals surface area (Å²) in [7, 11) is 0. The third-order valence-electron chi connectivity index (χ3n) is 7.31. The van der Waals surface area contributed by atoms with E-state index in [2.05, 4.69) is 28.6 Å². The fraction of sp³-hybridized carbons (Fsp3) is 0.591. The van der Waals surface area contributed by atoms with E-state index in [0.29, 0.717) is 5.75 Å². The van der Waals surface area contributed by atoms with Crippen molar-refractivity contribution in [2.75, 3.05) is 5.75 Å². The highest BCUT2D eigenvalue weighted by Gasteiger charge is 2.51. The summed E-state index contributed by atoms with van der Waals surface area (Å²) in [6.45, 7) is 0. The Bertz CT molecular complexity index is 844. The number of hydrogen-bond donors (Lipinski definition) is 1. The van der Waals surface area contributed by atoms with Crippen molar-refractivity contribution in [1.29, 1.82) is 0 Å². The van der Waals surface area contributed by atoms with Crippen molar-refractivity contribution >= 4 is 34.7 Å². The minimum Gasteiger partial charge on any atom is -0.350 e. The molecule has 0 spiro atoms. The number of aliphatic imine (C=N–C) groups is 1. The molecule has 2 heterocycles. The van der Waals surface area contributed by atoms with Gasteiger partial charge in [-0.1, -0.05) is 30.0 Å². The van der Waals surface area contributed by atoms with Crippen LogP contribution in [0.4, 0.5) is 5.69 Å². The van der Waals surface area contributed by atoms with Gasteiger partial charge in [0.1, 0.15) is 0 Å². The summed E-state index contributed by atoms with van der Waals surface area (Å²) >= 11 is 1.52. The molecule has 1 aromatic rings. The van der Waals surface area contributed by atoms with E-state index >= 15 is 0 Å². The first kappa shape index (κ1) is 17.1. The maximum Gasteiger partial charge on any atom is 0.230 e. The molecule has 1 amide bonds. The van der Waals surface area contributed by atoms with Crippen LogP contribution in [0.3, 0.4) is 0 Å². The largest absolute Gasteiger partial charge is 0.350 e. The van der Waals surface area contributed by atoms with Crippen LogP contribution in [-0.2, 0) is 4.79 Å². The fourth-order valence-corrected chi connectivity index (χ4v) is 7.51. The van der Waals surface area contributed by atoms with Crippen molar-refractivity contribution < 1.29 is 4.79 Å². The summed E-state index contributed by atoms with van der Waals surface area (Å²) in [6.07, 6.45) is 10.6. The van der Waals surface area contributed by atoms with Gasteiger partial charge in [-0.3, -0.25) is 4.79 Å². The summed E-state index contributed by atoms with van der Waals surface area (Å²) in [5.41, 5.74) is 2.32. The zero-order valence-corrected chi connectivity index (χ0v) is 16.8. The summed E-state index contributed by atoms with van der Waals surface area (Å²) in [5.74, 6) is 3.11. The Morgan fingerprint density at radius 3 is 2.61 bits per heavy atom. The van der Waals surface area contributed by atoms with Crippen molar-refractivity contribution in [3.8, 4) is 0 Å². The lowest BCUT2D eigenvalue weighted by Gasteiger charge is -2.56. The molecule has 0 saturated heterocycles. The number of carbonyl (C=O) groups is 1. The molecule has 5 nitrogen and oxygen atoms in total. The minimum absolute atomic E-state index is 0.0850. The van der Waals surface area contributed by atoms with E-state index in [9.17, 15) is 4.79 Å². The minimum atomic E-state index is 0.0850. The molecule has 6 aliphatic rings. The first-order chi connectivity index (χ1) is 13.7. The van der Waals surface area contributed by atoms with Crippen LogP contribution < -0.4 is 5.32 Å². The van der Waals surface area contributed by atoms with Crippen LogP contribution in [0.25, 0.3) is 0 Å². The first-order valence-corrected chi connectivity index (χ1v) is 11.6. The number of amides is 1. The van der Waals surface area contributed by atoms with E-state index < -0.39 is 0 Å². The van der Waals surface area contributed by atoms with Gasteiger partial charge in [-0.05, 0) is 62.3 Å². The fourth-order valence-electron chi connectivity index (χ4n) is 6.71. The lowest BCUT2D eigenvalue weighted by atomic mass is 9.53. The van der Waals surface area contributed by atoms with Crippen molar-refractivity contribution in [3.05, 3.63) is 29.8 Å². The maximum absolute atomic E-state index is 12.9. The Hall–Kier alpha value is -1.82. The molecular weight excluding hydrogens is 368 g/mol. The molecule has 0 aromatic heterocycles. The highest BCUT2D eigenvalue weighted by atomic mass is 32.2. The topological polar surface area (TPSA) is 57.1 Å². The van der Waals surface area contributed by atoms with E-state index in [4.69, 9.17) is 4.99 Å². The summed E-state index contributed by atoms with van der Waals surface area (Å²) in [5, 5.41) is 10.8. The van der Waals surface area contributed by atoms with Gasteiger partial charge in [-0.15, -0.1) is 0 Å². The highest BCUT2D eigenvalue weighted by molar-refractivity contribution is 8.14. The second-order valence-electron chi connectivity index (χ2n) is 9.38. The number of benzene rings is 1. The third kappa shape index (κ3) is 2.79. The Morgan fingerprint density at radius 1 is 1.14 bits per heavy atom. The van der Waals surface area contributed by atoms with Crippen LogP contribution >= 0.6 is 11.8 Å². The SMILES string of the molecule is O=C(CSC1=Nc2ccccc2C2CC=NN12)NC12CC3CC(CC(C3)C1)C2. The number of nitrogens with zero attached hydrogens (tertiary/aromatic N) is 3.